The monoisotopic (exact) mass is 341 g/mol. The van der Waals surface area contributed by atoms with Crippen LogP contribution in [0.5, 0.6) is 0 Å². The van der Waals surface area contributed by atoms with E-state index >= 15 is 0 Å². The van der Waals surface area contributed by atoms with E-state index in [4.69, 9.17) is 11.5 Å². The van der Waals surface area contributed by atoms with Gasteiger partial charge in [0.05, 0.1) is 0 Å². The van der Waals surface area contributed by atoms with Crippen LogP contribution in [0.3, 0.4) is 0 Å². The summed E-state index contributed by atoms with van der Waals surface area (Å²) in [6, 6.07) is 15.9. The highest BCUT2D eigenvalue weighted by Crippen LogP contribution is 2.31. The van der Waals surface area contributed by atoms with Gasteiger partial charge in [0.1, 0.15) is 0 Å². The number of rotatable bonds is 2. The van der Waals surface area contributed by atoms with Crippen molar-refractivity contribution in [2.75, 3.05) is 0 Å². The van der Waals surface area contributed by atoms with E-state index in [1.54, 1.807) is 6.07 Å². The maximum Gasteiger partial charge on any atom is 0.280 e. The number of amides is 1. The van der Waals surface area contributed by atoms with Gasteiger partial charge < -0.3 is 11.5 Å². The molecule has 1 aliphatic rings. The third-order valence-electron chi connectivity index (χ3n) is 3.96. The van der Waals surface area contributed by atoms with Gasteiger partial charge in [-0.2, -0.15) is 4.99 Å². The van der Waals surface area contributed by atoms with Crippen LogP contribution in [0.1, 0.15) is 39.9 Å². The summed E-state index contributed by atoms with van der Waals surface area (Å²) >= 11 is 0. The minimum absolute atomic E-state index is 0. The van der Waals surface area contributed by atoms with E-state index in [1.807, 2.05) is 24.3 Å². The molecule has 24 heavy (non-hydrogen) atoms. The molecule has 2 aromatic carbocycles. The molecule has 0 atom stereocenters. The maximum atomic E-state index is 12.0. The molecule has 124 valence electrons. The number of aryl methyl sites for hydroxylation is 1. The fraction of sp³-hybridized carbons (Fsp3) is 0.158. The number of nitrogens with zero attached hydrogens (tertiary/aromatic N) is 1. The van der Waals surface area contributed by atoms with Crippen molar-refractivity contribution in [1.29, 1.82) is 0 Å². The van der Waals surface area contributed by atoms with Gasteiger partial charge >= 0.3 is 0 Å². The molecular weight excluding hydrogens is 322 g/mol. The molecule has 0 saturated carbocycles. The Bertz CT molecular complexity index is 808. The van der Waals surface area contributed by atoms with Gasteiger partial charge in [-0.15, -0.1) is 12.4 Å². The fourth-order valence-electron chi connectivity index (χ4n) is 2.92. The van der Waals surface area contributed by atoms with Crippen LogP contribution in [0.15, 0.2) is 59.6 Å². The van der Waals surface area contributed by atoms with Crippen LogP contribution in [-0.2, 0) is 6.42 Å². The summed E-state index contributed by atoms with van der Waals surface area (Å²) in [6.45, 7) is 0. The van der Waals surface area contributed by atoms with Gasteiger partial charge in [0.25, 0.3) is 5.91 Å². The molecule has 0 heterocycles. The Kier molecular flexibility index (Phi) is 5.77. The molecule has 4 N–H and O–H groups in total. The molecule has 4 nitrogen and oxygen atoms in total. The highest BCUT2D eigenvalue weighted by atomic mass is 35.5. The molecular formula is C19H20ClN3O. The smallest absolute Gasteiger partial charge is 0.280 e. The number of hydrogen-bond donors (Lipinski definition) is 2. The molecule has 0 bridgehead atoms. The van der Waals surface area contributed by atoms with Gasteiger partial charge in [0, 0.05) is 5.56 Å². The molecule has 0 spiro atoms. The molecule has 1 aliphatic carbocycles. The molecule has 0 aromatic heterocycles. The van der Waals surface area contributed by atoms with E-state index in [0.29, 0.717) is 5.56 Å². The number of benzene rings is 2. The zero-order valence-electron chi connectivity index (χ0n) is 13.2. The molecule has 0 saturated heterocycles. The summed E-state index contributed by atoms with van der Waals surface area (Å²) in [6.07, 6.45) is 5.47. The van der Waals surface area contributed by atoms with Crippen LogP contribution in [-0.4, -0.2) is 11.9 Å². The molecule has 3 rings (SSSR count). The topological polar surface area (TPSA) is 81.5 Å². The average molecular weight is 342 g/mol. The normalized spacial score (nSPS) is 12.9. The van der Waals surface area contributed by atoms with Gasteiger partial charge in [-0.1, -0.05) is 42.5 Å². The van der Waals surface area contributed by atoms with E-state index in [9.17, 15) is 4.79 Å². The van der Waals surface area contributed by atoms with Crippen molar-refractivity contribution >= 4 is 29.8 Å². The first-order valence-electron chi connectivity index (χ1n) is 7.68. The largest absolute Gasteiger partial charge is 0.370 e. The Balaban J connectivity index is 0.00000208. The summed E-state index contributed by atoms with van der Waals surface area (Å²) in [7, 11) is 0. The summed E-state index contributed by atoms with van der Waals surface area (Å²) in [5, 5.41) is 0. The number of carbonyl (C=O) groups is 1. The van der Waals surface area contributed by atoms with Crippen LogP contribution in [0, 0.1) is 0 Å². The molecule has 0 aliphatic heterocycles. The van der Waals surface area contributed by atoms with Gasteiger partial charge in [0.2, 0.25) is 0 Å². The first-order chi connectivity index (χ1) is 11.1. The summed E-state index contributed by atoms with van der Waals surface area (Å²) in [5.74, 6) is -0.645. The molecule has 0 unspecified atom stereocenters. The highest BCUT2D eigenvalue weighted by molar-refractivity contribution is 6.02. The quantitative estimate of drug-likeness (QED) is 0.649. The zero-order valence-corrected chi connectivity index (χ0v) is 14.1. The maximum absolute atomic E-state index is 12.0. The Morgan fingerprint density at radius 1 is 1.04 bits per heavy atom. The lowest BCUT2D eigenvalue weighted by Gasteiger charge is -2.12. The summed E-state index contributed by atoms with van der Waals surface area (Å²) in [4.78, 5) is 15.6. The van der Waals surface area contributed by atoms with E-state index in [-0.39, 0.29) is 18.4 Å². The van der Waals surface area contributed by atoms with Crippen molar-refractivity contribution in [1.82, 2.24) is 0 Å². The van der Waals surface area contributed by atoms with E-state index in [1.165, 1.54) is 11.1 Å². The minimum atomic E-state index is -0.422. The van der Waals surface area contributed by atoms with Crippen molar-refractivity contribution in [3.05, 3.63) is 76.9 Å². The zero-order chi connectivity index (χ0) is 16.2. The number of nitrogens with two attached hydrogens (primary N) is 2. The first-order valence-corrected chi connectivity index (χ1v) is 7.68. The van der Waals surface area contributed by atoms with Crippen molar-refractivity contribution in [2.45, 2.75) is 19.3 Å². The molecule has 1 amide bonds. The second-order valence-corrected chi connectivity index (χ2v) is 5.59. The standard InChI is InChI=1S/C19H19N3O.ClH/c20-19(21)22-18(23)15-9-5-8-14(12-15)17-11-4-2-7-13-6-1-3-10-16(13)17;/h1,3,5-6,8-12H,2,4,7H2,(H4,20,21,22,23);1H. The number of fused-ring (bicyclic) bond motifs is 1. The third kappa shape index (κ3) is 3.84. The Hall–Kier alpha value is -2.59. The van der Waals surface area contributed by atoms with Crippen molar-refractivity contribution < 1.29 is 4.79 Å². The second-order valence-electron chi connectivity index (χ2n) is 5.59. The van der Waals surface area contributed by atoms with Gasteiger partial charge in [0.15, 0.2) is 5.96 Å². The molecule has 5 heteroatoms. The van der Waals surface area contributed by atoms with Crippen molar-refractivity contribution in [3.63, 3.8) is 0 Å². The number of hydrogen-bond acceptors (Lipinski definition) is 1. The fourth-order valence-corrected chi connectivity index (χ4v) is 2.92. The van der Waals surface area contributed by atoms with Crippen molar-refractivity contribution in [3.8, 4) is 0 Å². The molecule has 0 fully saturated rings. The SMILES string of the molecule is Cl.NC(N)=NC(=O)c1cccc(C2=CCCCc3ccccc32)c1. The second kappa shape index (κ2) is 7.79. The number of guanidine groups is 1. The molecule has 2 aromatic rings. The third-order valence-corrected chi connectivity index (χ3v) is 3.96. The van der Waals surface area contributed by atoms with E-state index in [0.717, 1.165) is 30.4 Å². The summed E-state index contributed by atoms with van der Waals surface area (Å²) in [5.41, 5.74) is 15.8. The Labute approximate surface area is 147 Å². The van der Waals surface area contributed by atoms with Crippen molar-refractivity contribution in [2.24, 2.45) is 16.5 Å². The minimum Gasteiger partial charge on any atom is -0.370 e. The first kappa shape index (κ1) is 17.8. The average Bonchev–Trinajstić information content (AvgIpc) is 2.77. The molecule has 0 radical (unpaired) electrons. The van der Waals surface area contributed by atoms with Crippen LogP contribution in [0.2, 0.25) is 0 Å². The van der Waals surface area contributed by atoms with Crippen LogP contribution < -0.4 is 11.5 Å². The van der Waals surface area contributed by atoms with Gasteiger partial charge in [-0.3, -0.25) is 4.79 Å². The Morgan fingerprint density at radius 3 is 2.62 bits per heavy atom. The predicted octanol–water partition coefficient (Wildman–Crippen LogP) is 3.29. The lowest BCUT2D eigenvalue weighted by atomic mass is 9.93. The van der Waals surface area contributed by atoms with Gasteiger partial charge in [-0.05, 0) is 53.7 Å². The highest BCUT2D eigenvalue weighted by Gasteiger charge is 2.14. The Morgan fingerprint density at radius 2 is 1.83 bits per heavy atom. The van der Waals surface area contributed by atoms with Crippen LogP contribution >= 0.6 is 12.4 Å². The number of allylic oxidation sites excluding steroid dienone is 1. The summed E-state index contributed by atoms with van der Waals surface area (Å²) < 4.78 is 0. The number of carbonyl (C=O) groups excluding carboxylic acids is 1. The predicted molar refractivity (Wildman–Crippen MR) is 100 cm³/mol. The van der Waals surface area contributed by atoms with Crippen LogP contribution in [0.4, 0.5) is 0 Å². The van der Waals surface area contributed by atoms with E-state index < -0.39 is 5.91 Å². The number of aliphatic imine (C=N–C) groups is 1. The van der Waals surface area contributed by atoms with E-state index in [2.05, 4.69) is 29.3 Å². The number of halogens is 1. The lowest BCUT2D eigenvalue weighted by molar-refractivity contribution is 0.100. The van der Waals surface area contributed by atoms with Crippen LogP contribution in [0.25, 0.3) is 5.57 Å². The lowest BCUT2D eigenvalue weighted by Crippen LogP contribution is -2.24. The van der Waals surface area contributed by atoms with Gasteiger partial charge in [-0.25, -0.2) is 0 Å².